The molecule has 1 N–H and O–H groups in total. The van der Waals surface area contributed by atoms with E-state index in [1.165, 1.54) is 18.6 Å². The maximum Gasteiger partial charge on any atom is 0.328 e. The number of nitrogens with one attached hydrogen (secondary N) is 1. The number of rotatable bonds is 4. The Morgan fingerprint density at radius 2 is 2.13 bits per heavy atom. The topological polar surface area (TPSA) is 64.1 Å². The van der Waals surface area contributed by atoms with Gasteiger partial charge < -0.3 is 10.1 Å². The van der Waals surface area contributed by atoms with E-state index in [9.17, 15) is 4.79 Å². The number of nitrogens with zero attached hydrogens (tertiary/aromatic N) is 2. The molecule has 1 aromatic rings. The molecule has 0 saturated carbocycles. The average molecular weight is 229 g/mol. The van der Waals surface area contributed by atoms with E-state index in [0.717, 1.165) is 5.82 Å². The number of methoxy groups -OCH3 is 1. The molecule has 0 amide bonds. The van der Waals surface area contributed by atoms with Gasteiger partial charge in [0.2, 0.25) is 5.13 Å². The average Bonchev–Trinajstić information content (AvgIpc) is 2.65. The zero-order valence-electron chi connectivity index (χ0n) is 9.27. The summed E-state index contributed by atoms with van der Waals surface area (Å²) >= 11 is 1.25. The molecule has 1 rings (SSSR count). The second-order valence-corrected chi connectivity index (χ2v) is 4.25. The summed E-state index contributed by atoms with van der Waals surface area (Å²) in [5.74, 6) is 0.779. The fraction of sp³-hybridized carbons (Fsp3) is 0.667. The zero-order chi connectivity index (χ0) is 11.4. The molecule has 6 heteroatoms. The highest BCUT2D eigenvalue weighted by atomic mass is 32.1. The van der Waals surface area contributed by atoms with Crippen molar-refractivity contribution >= 4 is 22.6 Å². The predicted octanol–water partition coefficient (Wildman–Crippen LogP) is 1.63. The van der Waals surface area contributed by atoms with Gasteiger partial charge in [0.15, 0.2) is 0 Å². The Hall–Kier alpha value is -1.17. The summed E-state index contributed by atoms with van der Waals surface area (Å²) in [6.07, 6.45) is 0. The van der Waals surface area contributed by atoms with E-state index >= 15 is 0 Å². The Kier molecular flexibility index (Phi) is 4.02. The Morgan fingerprint density at radius 1 is 1.47 bits per heavy atom. The van der Waals surface area contributed by atoms with Crippen LogP contribution in [0.3, 0.4) is 0 Å². The number of anilines is 1. The molecule has 1 atom stereocenters. The molecule has 0 aliphatic heterocycles. The lowest BCUT2D eigenvalue weighted by Crippen LogP contribution is -2.27. The van der Waals surface area contributed by atoms with Crippen molar-refractivity contribution in [2.45, 2.75) is 32.7 Å². The monoisotopic (exact) mass is 229 g/mol. The van der Waals surface area contributed by atoms with Gasteiger partial charge in [-0.05, 0) is 6.92 Å². The number of carbonyl (C=O) groups excluding carboxylic acids is 1. The van der Waals surface area contributed by atoms with Gasteiger partial charge in [-0.2, -0.15) is 4.37 Å². The van der Waals surface area contributed by atoms with Crippen LogP contribution in [-0.4, -0.2) is 28.5 Å². The number of aromatic nitrogens is 2. The van der Waals surface area contributed by atoms with Gasteiger partial charge in [0.1, 0.15) is 11.9 Å². The SMILES string of the molecule is COC(=O)C(C)Nc1nc(C(C)C)ns1. The van der Waals surface area contributed by atoms with Crippen LogP contribution in [0.5, 0.6) is 0 Å². The van der Waals surface area contributed by atoms with Gasteiger partial charge in [0.05, 0.1) is 7.11 Å². The van der Waals surface area contributed by atoms with Crippen molar-refractivity contribution in [3.05, 3.63) is 5.82 Å². The first-order valence-corrected chi connectivity index (χ1v) is 5.50. The molecule has 0 aliphatic rings. The van der Waals surface area contributed by atoms with Gasteiger partial charge in [-0.25, -0.2) is 9.78 Å². The fourth-order valence-electron chi connectivity index (χ4n) is 0.949. The predicted molar refractivity (Wildman–Crippen MR) is 59.1 cm³/mol. The number of esters is 1. The van der Waals surface area contributed by atoms with Gasteiger partial charge >= 0.3 is 5.97 Å². The molecule has 0 aromatic carbocycles. The fourth-order valence-corrected chi connectivity index (χ4v) is 1.74. The number of ether oxygens (including phenoxy) is 1. The first-order chi connectivity index (χ1) is 7.04. The molecule has 0 radical (unpaired) electrons. The van der Waals surface area contributed by atoms with E-state index in [1.807, 2.05) is 13.8 Å². The molecule has 0 bridgehead atoms. The van der Waals surface area contributed by atoms with Gasteiger partial charge in [0, 0.05) is 17.5 Å². The van der Waals surface area contributed by atoms with Crippen LogP contribution in [0.2, 0.25) is 0 Å². The molecule has 15 heavy (non-hydrogen) atoms. The highest BCUT2D eigenvalue weighted by Crippen LogP contribution is 2.17. The van der Waals surface area contributed by atoms with E-state index in [-0.39, 0.29) is 5.97 Å². The molecule has 0 fully saturated rings. The number of hydrogen-bond acceptors (Lipinski definition) is 6. The van der Waals surface area contributed by atoms with Crippen molar-refractivity contribution in [2.24, 2.45) is 0 Å². The van der Waals surface area contributed by atoms with Crippen LogP contribution in [0, 0.1) is 0 Å². The van der Waals surface area contributed by atoms with E-state index < -0.39 is 6.04 Å². The van der Waals surface area contributed by atoms with Gasteiger partial charge in [-0.1, -0.05) is 13.8 Å². The summed E-state index contributed by atoms with van der Waals surface area (Å²) in [6, 6.07) is -0.400. The van der Waals surface area contributed by atoms with Crippen molar-refractivity contribution in [3.63, 3.8) is 0 Å². The normalized spacial score (nSPS) is 12.6. The van der Waals surface area contributed by atoms with Crippen LogP contribution in [0.1, 0.15) is 32.5 Å². The molecule has 1 unspecified atom stereocenters. The van der Waals surface area contributed by atoms with Crippen LogP contribution in [0.4, 0.5) is 5.13 Å². The molecule has 5 nitrogen and oxygen atoms in total. The minimum Gasteiger partial charge on any atom is -0.467 e. The van der Waals surface area contributed by atoms with E-state index in [4.69, 9.17) is 0 Å². The lowest BCUT2D eigenvalue weighted by Gasteiger charge is -2.08. The summed E-state index contributed by atoms with van der Waals surface area (Å²) in [6.45, 7) is 5.77. The molecule has 0 saturated heterocycles. The second-order valence-electron chi connectivity index (χ2n) is 3.50. The third-order valence-electron chi connectivity index (χ3n) is 1.85. The molecule has 1 heterocycles. The second kappa shape index (κ2) is 5.06. The van der Waals surface area contributed by atoms with Crippen LogP contribution in [0.25, 0.3) is 0 Å². The molecule has 0 aliphatic carbocycles. The quantitative estimate of drug-likeness (QED) is 0.795. The van der Waals surface area contributed by atoms with Crippen LogP contribution in [0.15, 0.2) is 0 Å². The lowest BCUT2D eigenvalue weighted by atomic mass is 10.2. The number of carbonyl (C=O) groups is 1. The molecule has 84 valence electrons. The van der Waals surface area contributed by atoms with Crippen molar-refractivity contribution in [2.75, 3.05) is 12.4 Å². The molecule has 0 spiro atoms. The molecular weight excluding hydrogens is 214 g/mol. The summed E-state index contributed by atoms with van der Waals surface area (Å²) in [5.41, 5.74) is 0. The minimum atomic E-state index is -0.400. The Balaban J connectivity index is 2.61. The van der Waals surface area contributed by atoms with Crippen molar-refractivity contribution in [1.82, 2.24) is 9.36 Å². The van der Waals surface area contributed by atoms with Gasteiger partial charge in [-0.3, -0.25) is 0 Å². The zero-order valence-corrected chi connectivity index (χ0v) is 10.1. The Bertz CT molecular complexity index is 338. The summed E-state index contributed by atoms with van der Waals surface area (Å²) in [5, 5.41) is 3.59. The van der Waals surface area contributed by atoms with E-state index in [1.54, 1.807) is 6.92 Å². The highest BCUT2D eigenvalue weighted by molar-refractivity contribution is 7.09. The third-order valence-corrected chi connectivity index (χ3v) is 2.51. The van der Waals surface area contributed by atoms with Crippen molar-refractivity contribution < 1.29 is 9.53 Å². The standard InChI is InChI=1S/C9H15N3O2S/c1-5(2)7-11-9(15-12-7)10-6(3)8(13)14-4/h5-6H,1-4H3,(H,10,11,12). The molecule has 1 aromatic heterocycles. The summed E-state index contributed by atoms with van der Waals surface area (Å²) in [7, 11) is 1.36. The van der Waals surface area contributed by atoms with Gasteiger partial charge in [-0.15, -0.1) is 0 Å². The van der Waals surface area contributed by atoms with Crippen LogP contribution >= 0.6 is 11.5 Å². The van der Waals surface area contributed by atoms with Gasteiger partial charge in [0.25, 0.3) is 0 Å². The van der Waals surface area contributed by atoms with Crippen LogP contribution in [-0.2, 0) is 9.53 Å². The maximum absolute atomic E-state index is 11.1. The van der Waals surface area contributed by atoms with E-state index in [2.05, 4.69) is 19.4 Å². The largest absolute Gasteiger partial charge is 0.467 e. The Labute approximate surface area is 93.0 Å². The molecular formula is C9H15N3O2S. The van der Waals surface area contributed by atoms with Crippen molar-refractivity contribution in [3.8, 4) is 0 Å². The minimum absolute atomic E-state index is 0.297. The lowest BCUT2D eigenvalue weighted by molar-refractivity contribution is -0.141. The smallest absolute Gasteiger partial charge is 0.328 e. The first-order valence-electron chi connectivity index (χ1n) is 4.72. The summed E-state index contributed by atoms with van der Waals surface area (Å²) in [4.78, 5) is 15.4. The maximum atomic E-state index is 11.1. The third kappa shape index (κ3) is 3.16. The highest BCUT2D eigenvalue weighted by Gasteiger charge is 2.15. The van der Waals surface area contributed by atoms with Crippen molar-refractivity contribution in [1.29, 1.82) is 0 Å². The first kappa shape index (κ1) is 11.9. The van der Waals surface area contributed by atoms with Crippen LogP contribution < -0.4 is 5.32 Å². The summed E-state index contributed by atoms with van der Waals surface area (Å²) < 4.78 is 8.76. The Morgan fingerprint density at radius 3 is 2.60 bits per heavy atom. The number of hydrogen-bond donors (Lipinski definition) is 1. The van der Waals surface area contributed by atoms with E-state index in [0.29, 0.717) is 11.0 Å².